The second-order valence-corrected chi connectivity index (χ2v) is 8.85. The van der Waals surface area contributed by atoms with E-state index in [4.69, 9.17) is 14.2 Å². The molecule has 1 aliphatic heterocycles. The molecule has 34 heavy (non-hydrogen) atoms. The van der Waals surface area contributed by atoms with Crippen LogP contribution in [0.3, 0.4) is 0 Å². The first-order valence-electron chi connectivity index (χ1n) is 11.6. The summed E-state index contributed by atoms with van der Waals surface area (Å²) < 4.78 is 32.0. The van der Waals surface area contributed by atoms with Crippen molar-refractivity contribution in [3.8, 4) is 5.75 Å². The highest BCUT2D eigenvalue weighted by Gasteiger charge is 2.47. The van der Waals surface area contributed by atoms with E-state index < -0.39 is 29.6 Å². The Morgan fingerprint density at radius 1 is 1.06 bits per heavy atom. The van der Waals surface area contributed by atoms with Crippen molar-refractivity contribution in [3.63, 3.8) is 0 Å². The minimum absolute atomic E-state index is 0.271. The Morgan fingerprint density at radius 2 is 1.79 bits per heavy atom. The van der Waals surface area contributed by atoms with Crippen LogP contribution >= 0.6 is 0 Å². The van der Waals surface area contributed by atoms with E-state index in [1.165, 1.54) is 24.3 Å². The van der Waals surface area contributed by atoms with Crippen molar-refractivity contribution < 1.29 is 23.4 Å². The van der Waals surface area contributed by atoms with Crippen LogP contribution in [0.2, 0.25) is 0 Å². The second kappa shape index (κ2) is 10.3. The van der Waals surface area contributed by atoms with Crippen LogP contribution in [-0.4, -0.2) is 30.8 Å². The van der Waals surface area contributed by atoms with Gasteiger partial charge in [0.25, 0.3) is 0 Å². The number of benzene rings is 3. The molecule has 0 aromatic heterocycles. The fraction of sp³-hybridized carbons (Fsp3) is 0.321. The molecule has 1 N–H and O–H groups in total. The van der Waals surface area contributed by atoms with E-state index in [0.717, 1.165) is 29.8 Å². The Morgan fingerprint density at radius 3 is 2.50 bits per heavy atom. The molecule has 0 fully saturated rings. The van der Waals surface area contributed by atoms with Gasteiger partial charge in [-0.15, -0.1) is 0 Å². The summed E-state index contributed by atoms with van der Waals surface area (Å²) in [6, 6.07) is 21.3. The Kier molecular flexibility index (Phi) is 7.17. The van der Waals surface area contributed by atoms with Gasteiger partial charge in [0.1, 0.15) is 23.3 Å². The minimum atomic E-state index is -0.847. The van der Waals surface area contributed by atoms with Crippen molar-refractivity contribution in [1.82, 2.24) is 0 Å². The van der Waals surface area contributed by atoms with Crippen molar-refractivity contribution in [3.05, 3.63) is 95.3 Å². The Bertz CT molecular complexity index is 1120. The molecule has 178 valence electrons. The molecule has 0 radical (unpaired) electrons. The molecule has 0 spiro atoms. The summed E-state index contributed by atoms with van der Waals surface area (Å²) in [4.78, 5) is 13.0. The van der Waals surface area contributed by atoms with E-state index in [0.29, 0.717) is 12.4 Å². The predicted molar refractivity (Wildman–Crippen MR) is 130 cm³/mol. The third-order valence-corrected chi connectivity index (χ3v) is 5.88. The molecule has 0 saturated carbocycles. The zero-order valence-electron chi connectivity index (χ0n) is 19.7. The molecule has 1 aliphatic rings. The lowest BCUT2D eigenvalue weighted by atomic mass is 9.87. The molecule has 5 nitrogen and oxygen atoms in total. The third kappa shape index (κ3) is 5.39. The molecule has 0 aliphatic carbocycles. The molecule has 0 saturated heterocycles. The van der Waals surface area contributed by atoms with Gasteiger partial charge >= 0.3 is 5.97 Å². The van der Waals surface area contributed by atoms with E-state index >= 15 is 0 Å². The normalized spacial score (nSPS) is 18.5. The van der Waals surface area contributed by atoms with E-state index in [2.05, 4.69) is 17.4 Å². The number of anilines is 1. The van der Waals surface area contributed by atoms with Gasteiger partial charge in [-0.1, -0.05) is 30.3 Å². The average Bonchev–Trinajstić information content (AvgIpc) is 2.82. The number of carbonyl (C=O) groups is 1. The summed E-state index contributed by atoms with van der Waals surface area (Å²) >= 11 is 0. The molecular weight excluding hydrogens is 433 g/mol. The van der Waals surface area contributed by atoms with Crippen LogP contribution in [0, 0.1) is 5.82 Å². The maximum atomic E-state index is 13.3. The number of hydrogen-bond acceptors (Lipinski definition) is 5. The first-order valence-corrected chi connectivity index (χ1v) is 11.6. The first-order chi connectivity index (χ1) is 16.4. The van der Waals surface area contributed by atoms with Crippen LogP contribution in [0.15, 0.2) is 72.8 Å². The molecule has 0 amide bonds. The van der Waals surface area contributed by atoms with E-state index in [1.54, 1.807) is 0 Å². The van der Waals surface area contributed by atoms with Crippen LogP contribution in [0.4, 0.5) is 10.1 Å². The highest BCUT2D eigenvalue weighted by atomic mass is 19.1. The number of fused-ring (bicyclic) bond motifs is 1. The van der Waals surface area contributed by atoms with Crippen LogP contribution in [0.5, 0.6) is 5.75 Å². The van der Waals surface area contributed by atoms with Crippen LogP contribution in [-0.2, 0) is 15.9 Å². The van der Waals surface area contributed by atoms with Gasteiger partial charge in [-0.2, -0.15) is 0 Å². The lowest BCUT2D eigenvalue weighted by molar-refractivity contribution is -0.139. The second-order valence-electron chi connectivity index (χ2n) is 8.85. The quantitative estimate of drug-likeness (QED) is 0.418. The smallest absolute Gasteiger partial charge is 0.338 e. The van der Waals surface area contributed by atoms with Crippen molar-refractivity contribution in [1.29, 1.82) is 0 Å². The summed E-state index contributed by atoms with van der Waals surface area (Å²) in [6.07, 6.45) is -0.532. The summed E-state index contributed by atoms with van der Waals surface area (Å²) in [7, 11) is 0. The van der Waals surface area contributed by atoms with Crippen LogP contribution in [0.1, 0.15) is 48.4 Å². The Balaban J connectivity index is 1.63. The molecule has 1 heterocycles. The van der Waals surface area contributed by atoms with E-state index in [1.807, 2.05) is 57.2 Å². The highest BCUT2D eigenvalue weighted by molar-refractivity contribution is 5.89. The molecule has 3 aromatic carbocycles. The Labute approximate surface area is 199 Å². The van der Waals surface area contributed by atoms with Gasteiger partial charge in [0.15, 0.2) is 6.10 Å². The fourth-order valence-electron chi connectivity index (χ4n) is 4.15. The lowest BCUT2D eigenvalue weighted by Gasteiger charge is -2.43. The third-order valence-electron chi connectivity index (χ3n) is 5.88. The summed E-state index contributed by atoms with van der Waals surface area (Å²) in [6.45, 7) is 7.00. The van der Waals surface area contributed by atoms with Gasteiger partial charge in [-0.25, -0.2) is 9.18 Å². The summed E-state index contributed by atoms with van der Waals surface area (Å²) in [5, 5.41) is 3.31. The number of halogens is 1. The standard InChI is InChI=1S/C28H30FNO4/c1-4-30-22-14-15-24-23(18-22)25(32-17-16-19-8-6-5-7-9-19)26(28(2,3)34-24)33-27(31)20-10-12-21(29)13-11-20/h5-15,18,25-26,30H,4,16-17H2,1-3H3. The maximum Gasteiger partial charge on any atom is 0.338 e. The zero-order chi connectivity index (χ0) is 24.1. The first kappa shape index (κ1) is 23.8. The molecule has 4 rings (SSSR count). The van der Waals surface area contributed by atoms with Gasteiger partial charge in [-0.3, -0.25) is 0 Å². The minimum Gasteiger partial charge on any atom is -0.483 e. The largest absolute Gasteiger partial charge is 0.483 e. The van der Waals surface area contributed by atoms with Gasteiger partial charge in [-0.05, 0) is 75.2 Å². The number of esters is 1. The maximum absolute atomic E-state index is 13.3. The van der Waals surface area contributed by atoms with Crippen molar-refractivity contribution in [2.75, 3.05) is 18.5 Å². The van der Waals surface area contributed by atoms with Gasteiger partial charge in [0.05, 0.1) is 12.2 Å². The average molecular weight is 464 g/mol. The fourth-order valence-corrected chi connectivity index (χ4v) is 4.15. The van der Waals surface area contributed by atoms with Crippen molar-refractivity contribution in [2.45, 2.75) is 45.0 Å². The molecule has 0 bridgehead atoms. The van der Waals surface area contributed by atoms with E-state index in [9.17, 15) is 9.18 Å². The molecule has 3 aromatic rings. The number of hydrogen-bond donors (Lipinski definition) is 1. The van der Waals surface area contributed by atoms with Crippen LogP contribution in [0.25, 0.3) is 0 Å². The number of nitrogens with one attached hydrogen (secondary N) is 1. The molecule has 2 atom stereocenters. The van der Waals surface area contributed by atoms with Gasteiger partial charge in [0.2, 0.25) is 0 Å². The monoisotopic (exact) mass is 463 g/mol. The highest BCUT2D eigenvalue weighted by Crippen LogP contribution is 2.44. The van der Waals surface area contributed by atoms with Gasteiger partial charge in [0, 0.05) is 17.8 Å². The Hall–Kier alpha value is -3.38. The summed E-state index contributed by atoms with van der Waals surface area (Å²) in [5.74, 6) is -0.264. The topological polar surface area (TPSA) is 56.8 Å². The summed E-state index contributed by atoms with van der Waals surface area (Å²) in [5.41, 5.74) is 2.34. The van der Waals surface area contributed by atoms with Crippen molar-refractivity contribution in [2.24, 2.45) is 0 Å². The predicted octanol–water partition coefficient (Wildman–Crippen LogP) is 5.95. The number of ether oxygens (including phenoxy) is 3. The van der Waals surface area contributed by atoms with E-state index in [-0.39, 0.29) is 5.56 Å². The molecule has 6 heteroatoms. The molecular formula is C28H30FNO4. The SMILES string of the molecule is CCNc1ccc2c(c1)C(OCCc1ccccc1)C(OC(=O)c1ccc(F)cc1)C(C)(C)O2. The number of rotatable bonds is 8. The lowest BCUT2D eigenvalue weighted by Crippen LogP contribution is -2.51. The van der Waals surface area contributed by atoms with Crippen molar-refractivity contribution >= 4 is 11.7 Å². The zero-order valence-corrected chi connectivity index (χ0v) is 19.7. The number of carbonyl (C=O) groups excluding carboxylic acids is 1. The van der Waals surface area contributed by atoms with Crippen LogP contribution < -0.4 is 10.1 Å². The molecule has 2 unspecified atom stereocenters. The van der Waals surface area contributed by atoms with Gasteiger partial charge < -0.3 is 19.5 Å².